The second-order valence-electron chi connectivity index (χ2n) is 5.46. The number of esters is 1. The van der Waals surface area contributed by atoms with E-state index in [-0.39, 0.29) is 11.5 Å². The molecule has 1 saturated heterocycles. The summed E-state index contributed by atoms with van der Waals surface area (Å²) in [7, 11) is -3.68. The molecule has 0 radical (unpaired) electrons. The van der Waals surface area contributed by atoms with E-state index in [1.54, 1.807) is 6.92 Å². The molecule has 7 heteroatoms. The number of rotatable bonds is 5. The monoisotopic (exact) mass is 339 g/mol. The second-order valence-corrected chi connectivity index (χ2v) is 7.62. The molecule has 2 atom stereocenters. The number of benzene rings is 1. The maximum atomic E-state index is 12.9. The summed E-state index contributed by atoms with van der Waals surface area (Å²) in [6, 6.07) is 5.77. The van der Waals surface area contributed by atoms with E-state index in [0.29, 0.717) is 37.8 Å². The molecule has 0 saturated carbocycles. The van der Waals surface area contributed by atoms with Crippen molar-refractivity contribution < 1.29 is 22.7 Å². The molecule has 126 valence electrons. The summed E-state index contributed by atoms with van der Waals surface area (Å²) in [6.45, 7) is 3.05. The van der Waals surface area contributed by atoms with Gasteiger partial charge in [-0.2, -0.15) is 0 Å². The van der Waals surface area contributed by atoms with Crippen LogP contribution < -0.4 is 5.32 Å². The van der Waals surface area contributed by atoms with Gasteiger partial charge in [0.05, 0.1) is 22.7 Å². The Bertz CT molecular complexity index is 654. The standard InChI is InChI=1S/C16H21NO5S/c1-2-22-16(19)14-7-9-17-10-8-15(14)23(20,21)13-5-3-12(11-18)4-6-13/h3-6,11,14-15,17H,2,7-10H2,1H3. The van der Waals surface area contributed by atoms with Gasteiger partial charge in [0.1, 0.15) is 6.29 Å². The van der Waals surface area contributed by atoms with Crippen LogP contribution in [0.1, 0.15) is 30.1 Å². The van der Waals surface area contributed by atoms with E-state index in [1.807, 2.05) is 0 Å². The number of carbonyl (C=O) groups is 2. The van der Waals surface area contributed by atoms with Crippen LogP contribution in [0.15, 0.2) is 29.2 Å². The van der Waals surface area contributed by atoms with Gasteiger partial charge in [0, 0.05) is 5.56 Å². The molecule has 0 bridgehead atoms. The van der Waals surface area contributed by atoms with Crippen molar-refractivity contribution in [1.29, 1.82) is 0 Å². The molecule has 0 aliphatic carbocycles. The lowest BCUT2D eigenvalue weighted by atomic mass is 10.0. The first-order valence-electron chi connectivity index (χ1n) is 7.67. The van der Waals surface area contributed by atoms with Crippen LogP contribution in [0.3, 0.4) is 0 Å². The molecule has 0 amide bonds. The van der Waals surface area contributed by atoms with Crippen molar-refractivity contribution in [1.82, 2.24) is 5.32 Å². The Morgan fingerprint density at radius 1 is 1.26 bits per heavy atom. The van der Waals surface area contributed by atoms with Gasteiger partial charge in [-0.3, -0.25) is 9.59 Å². The molecule has 1 aromatic carbocycles. The van der Waals surface area contributed by atoms with Gasteiger partial charge in [0.15, 0.2) is 9.84 Å². The van der Waals surface area contributed by atoms with Crippen LogP contribution in [-0.2, 0) is 19.4 Å². The Morgan fingerprint density at radius 3 is 2.52 bits per heavy atom. The van der Waals surface area contributed by atoms with Gasteiger partial charge in [-0.25, -0.2) is 8.42 Å². The van der Waals surface area contributed by atoms with E-state index < -0.39 is 27.0 Å². The Morgan fingerprint density at radius 2 is 1.91 bits per heavy atom. The average molecular weight is 339 g/mol. The number of aldehydes is 1. The molecule has 1 fully saturated rings. The Balaban J connectivity index is 2.35. The highest BCUT2D eigenvalue weighted by molar-refractivity contribution is 7.92. The summed E-state index contributed by atoms with van der Waals surface area (Å²) in [5.74, 6) is -1.14. The smallest absolute Gasteiger partial charge is 0.310 e. The highest BCUT2D eigenvalue weighted by Gasteiger charge is 2.40. The highest BCUT2D eigenvalue weighted by Crippen LogP contribution is 2.28. The predicted octanol–water partition coefficient (Wildman–Crippen LogP) is 1.20. The molecule has 0 spiro atoms. The molecule has 1 N–H and O–H groups in total. The third kappa shape index (κ3) is 3.97. The molecular formula is C16H21NO5S. The van der Waals surface area contributed by atoms with Crippen LogP contribution in [-0.4, -0.2) is 45.6 Å². The first-order valence-corrected chi connectivity index (χ1v) is 9.21. The quantitative estimate of drug-likeness (QED) is 0.640. The number of hydrogen-bond donors (Lipinski definition) is 1. The van der Waals surface area contributed by atoms with Gasteiger partial charge in [-0.15, -0.1) is 0 Å². The number of ether oxygens (including phenoxy) is 1. The fraction of sp³-hybridized carbons (Fsp3) is 0.500. The van der Waals surface area contributed by atoms with Gasteiger partial charge in [-0.05, 0) is 45.0 Å². The van der Waals surface area contributed by atoms with Crippen molar-refractivity contribution >= 4 is 22.1 Å². The lowest BCUT2D eigenvalue weighted by Crippen LogP contribution is -2.36. The molecule has 1 aliphatic heterocycles. The van der Waals surface area contributed by atoms with E-state index in [0.717, 1.165) is 0 Å². The maximum Gasteiger partial charge on any atom is 0.310 e. The van der Waals surface area contributed by atoms with Crippen LogP contribution in [0, 0.1) is 5.92 Å². The molecule has 1 aliphatic rings. The van der Waals surface area contributed by atoms with Gasteiger partial charge in [-0.1, -0.05) is 12.1 Å². The second kappa shape index (κ2) is 7.70. The van der Waals surface area contributed by atoms with Gasteiger partial charge in [0.25, 0.3) is 0 Å². The van der Waals surface area contributed by atoms with Gasteiger partial charge < -0.3 is 10.1 Å². The summed E-state index contributed by atoms with van der Waals surface area (Å²) in [5, 5.41) is 2.31. The normalized spacial score (nSPS) is 22.1. The first kappa shape index (κ1) is 17.6. The molecule has 2 unspecified atom stereocenters. The largest absolute Gasteiger partial charge is 0.466 e. The number of carbonyl (C=O) groups excluding carboxylic acids is 2. The molecule has 1 heterocycles. The van der Waals surface area contributed by atoms with Crippen molar-refractivity contribution in [2.24, 2.45) is 5.92 Å². The van der Waals surface area contributed by atoms with Crippen LogP contribution in [0.4, 0.5) is 0 Å². The average Bonchev–Trinajstić information content (AvgIpc) is 2.81. The van der Waals surface area contributed by atoms with Crippen LogP contribution >= 0.6 is 0 Å². The van der Waals surface area contributed by atoms with Crippen molar-refractivity contribution in [2.75, 3.05) is 19.7 Å². The van der Waals surface area contributed by atoms with E-state index in [9.17, 15) is 18.0 Å². The van der Waals surface area contributed by atoms with Crippen LogP contribution in [0.5, 0.6) is 0 Å². The molecule has 0 aromatic heterocycles. The lowest BCUT2D eigenvalue weighted by Gasteiger charge is -2.23. The Kier molecular flexibility index (Phi) is 5.90. The van der Waals surface area contributed by atoms with E-state index in [4.69, 9.17) is 4.74 Å². The van der Waals surface area contributed by atoms with Crippen molar-refractivity contribution in [3.05, 3.63) is 29.8 Å². The predicted molar refractivity (Wildman–Crippen MR) is 85.0 cm³/mol. The third-order valence-electron chi connectivity index (χ3n) is 4.02. The zero-order valence-corrected chi connectivity index (χ0v) is 13.8. The fourth-order valence-corrected chi connectivity index (χ4v) is 4.79. The number of nitrogens with one attached hydrogen (secondary N) is 1. The molecule has 23 heavy (non-hydrogen) atoms. The molecule has 2 rings (SSSR count). The molecule has 1 aromatic rings. The summed E-state index contributed by atoms with van der Waals surface area (Å²) < 4.78 is 30.9. The summed E-state index contributed by atoms with van der Waals surface area (Å²) in [4.78, 5) is 23.0. The summed E-state index contributed by atoms with van der Waals surface area (Å²) in [6.07, 6.45) is 1.43. The van der Waals surface area contributed by atoms with Crippen molar-refractivity contribution in [3.8, 4) is 0 Å². The van der Waals surface area contributed by atoms with Gasteiger partial charge >= 0.3 is 5.97 Å². The van der Waals surface area contributed by atoms with Crippen molar-refractivity contribution in [3.63, 3.8) is 0 Å². The van der Waals surface area contributed by atoms with E-state index >= 15 is 0 Å². The minimum absolute atomic E-state index is 0.129. The fourth-order valence-electron chi connectivity index (χ4n) is 2.82. The minimum atomic E-state index is -3.68. The lowest BCUT2D eigenvalue weighted by molar-refractivity contribution is -0.148. The minimum Gasteiger partial charge on any atom is -0.466 e. The topological polar surface area (TPSA) is 89.5 Å². The van der Waals surface area contributed by atoms with Crippen LogP contribution in [0.25, 0.3) is 0 Å². The van der Waals surface area contributed by atoms with Crippen LogP contribution in [0.2, 0.25) is 0 Å². The Hall–Kier alpha value is -1.73. The highest BCUT2D eigenvalue weighted by atomic mass is 32.2. The zero-order chi connectivity index (χ0) is 16.9. The molecular weight excluding hydrogens is 318 g/mol. The molecule has 6 nitrogen and oxygen atoms in total. The SMILES string of the molecule is CCOC(=O)C1CCNCCC1S(=O)(=O)c1ccc(C=O)cc1. The maximum absolute atomic E-state index is 12.9. The summed E-state index contributed by atoms with van der Waals surface area (Å²) >= 11 is 0. The number of hydrogen-bond acceptors (Lipinski definition) is 6. The van der Waals surface area contributed by atoms with Crippen molar-refractivity contribution in [2.45, 2.75) is 29.9 Å². The number of sulfone groups is 1. The first-order chi connectivity index (χ1) is 11.0. The third-order valence-corrected chi connectivity index (χ3v) is 6.31. The zero-order valence-electron chi connectivity index (χ0n) is 13.0. The summed E-state index contributed by atoms with van der Waals surface area (Å²) in [5.41, 5.74) is 0.411. The van der Waals surface area contributed by atoms with Gasteiger partial charge in [0.2, 0.25) is 0 Å². The van der Waals surface area contributed by atoms with E-state index in [2.05, 4.69) is 5.32 Å². The Labute approximate surface area is 136 Å². The van der Waals surface area contributed by atoms with E-state index in [1.165, 1.54) is 24.3 Å².